The van der Waals surface area contributed by atoms with E-state index in [0.29, 0.717) is 18.9 Å². The van der Waals surface area contributed by atoms with Crippen molar-refractivity contribution in [3.63, 3.8) is 0 Å². The molecule has 0 aliphatic carbocycles. The van der Waals surface area contributed by atoms with Crippen LogP contribution >= 0.6 is 0 Å². The summed E-state index contributed by atoms with van der Waals surface area (Å²) in [7, 11) is 0. The van der Waals surface area contributed by atoms with E-state index in [-0.39, 0.29) is 24.2 Å². The van der Waals surface area contributed by atoms with Crippen molar-refractivity contribution in [3.05, 3.63) is 29.8 Å². The Morgan fingerprint density at radius 2 is 2.08 bits per heavy atom. The van der Waals surface area contributed by atoms with Gasteiger partial charge in [-0.05, 0) is 24.8 Å². The number of nitrogens with one attached hydrogen (secondary N) is 1. The molecule has 1 saturated heterocycles. The predicted molar refractivity (Wildman–Crippen MR) is 96.4 cm³/mol. The highest BCUT2D eigenvalue weighted by Crippen LogP contribution is 2.44. The van der Waals surface area contributed by atoms with Crippen molar-refractivity contribution in [2.24, 2.45) is 5.92 Å². The predicted octanol–water partition coefficient (Wildman–Crippen LogP) is 3.48. The van der Waals surface area contributed by atoms with Gasteiger partial charge >= 0.3 is 0 Å². The number of para-hydroxylation sites is 1. The molecule has 0 aromatic heterocycles. The molecule has 1 amide bonds. The number of nitrogens with zero attached hydrogens (tertiary/aromatic N) is 1. The number of fused-ring (bicyclic) bond motifs is 1. The minimum absolute atomic E-state index is 0.0103. The minimum atomic E-state index is -0.301. The van der Waals surface area contributed by atoms with E-state index in [1.54, 1.807) is 0 Å². The maximum absolute atomic E-state index is 12.6. The summed E-state index contributed by atoms with van der Waals surface area (Å²) in [5, 5.41) is 3.22. The van der Waals surface area contributed by atoms with Crippen molar-refractivity contribution in [3.8, 4) is 5.75 Å². The van der Waals surface area contributed by atoms with Gasteiger partial charge in [-0.1, -0.05) is 32.0 Å². The Morgan fingerprint density at radius 3 is 2.76 bits per heavy atom. The molecular weight excluding hydrogens is 319 g/mol. The number of ether oxygens (including phenoxy) is 1. The third-order valence-electron chi connectivity index (χ3n) is 5.29. The number of carbonyl (C=O) groups excluding carboxylic acids is 1. The molecule has 1 N–H and O–H groups in total. The van der Waals surface area contributed by atoms with Gasteiger partial charge in [0.1, 0.15) is 18.0 Å². The summed E-state index contributed by atoms with van der Waals surface area (Å²) in [6.45, 7) is 6.00. The molecule has 0 saturated carbocycles. The van der Waals surface area contributed by atoms with Gasteiger partial charge in [-0.3, -0.25) is 4.79 Å². The van der Waals surface area contributed by atoms with Gasteiger partial charge in [0.15, 0.2) is 0 Å². The highest BCUT2D eigenvalue weighted by molar-refractivity contribution is 5.76. The molecule has 0 bridgehead atoms. The van der Waals surface area contributed by atoms with Crippen molar-refractivity contribution >= 4 is 5.91 Å². The first-order chi connectivity index (χ1) is 12.0. The summed E-state index contributed by atoms with van der Waals surface area (Å²) >= 11 is 0. The summed E-state index contributed by atoms with van der Waals surface area (Å²) in [6.07, 6.45) is 3.07. The van der Waals surface area contributed by atoms with Crippen LogP contribution in [0.1, 0.15) is 51.1 Å². The molecule has 138 valence electrons. The first-order valence-electron chi connectivity index (χ1n) is 9.37. The van der Waals surface area contributed by atoms with Gasteiger partial charge in [0.2, 0.25) is 5.91 Å². The van der Waals surface area contributed by atoms with Crippen molar-refractivity contribution in [2.75, 3.05) is 26.3 Å². The second-order valence-electron chi connectivity index (χ2n) is 7.78. The lowest BCUT2D eigenvalue weighted by Crippen LogP contribution is -2.52. The number of piperidine rings is 1. The van der Waals surface area contributed by atoms with E-state index in [1.807, 2.05) is 24.3 Å². The monoisotopic (exact) mass is 348 g/mol. The quantitative estimate of drug-likeness (QED) is 0.886. The molecule has 0 unspecified atom stereocenters. The van der Waals surface area contributed by atoms with Crippen molar-refractivity contribution in [2.45, 2.75) is 51.2 Å². The Kier molecular flexibility index (Phi) is 5.62. The largest absolute Gasteiger partial charge is 0.487 e. The van der Waals surface area contributed by atoms with E-state index in [0.717, 1.165) is 43.7 Å². The number of hydrogen-bond acceptors (Lipinski definition) is 3. The number of hydrogen-bond donors (Lipinski definition) is 1. The molecule has 5 heteroatoms. The van der Waals surface area contributed by atoms with Crippen LogP contribution in [-0.2, 0) is 4.79 Å². The molecule has 1 atom stereocenters. The number of halogens is 1. The number of rotatable bonds is 5. The topological polar surface area (TPSA) is 41.6 Å². The number of benzene rings is 1. The second kappa shape index (κ2) is 7.73. The van der Waals surface area contributed by atoms with Crippen molar-refractivity contribution in [1.29, 1.82) is 0 Å². The molecule has 1 aromatic carbocycles. The molecule has 0 radical (unpaired) electrons. The Hall–Kier alpha value is -1.62. The van der Waals surface area contributed by atoms with E-state index in [9.17, 15) is 9.18 Å². The first kappa shape index (κ1) is 18.2. The third-order valence-corrected chi connectivity index (χ3v) is 5.29. The average molecular weight is 348 g/mol. The fraction of sp³-hybridized carbons (Fsp3) is 0.650. The Morgan fingerprint density at radius 1 is 1.36 bits per heavy atom. The van der Waals surface area contributed by atoms with Gasteiger partial charge in [0, 0.05) is 38.0 Å². The Bertz CT molecular complexity index is 597. The summed E-state index contributed by atoms with van der Waals surface area (Å²) in [5.74, 6) is 1.32. The zero-order valence-electron chi connectivity index (χ0n) is 15.3. The van der Waals surface area contributed by atoms with Gasteiger partial charge in [0.05, 0.1) is 6.04 Å². The lowest BCUT2D eigenvalue weighted by atomic mass is 9.80. The number of alkyl halides is 1. The average Bonchev–Trinajstić information content (AvgIpc) is 2.56. The summed E-state index contributed by atoms with van der Waals surface area (Å²) in [5.41, 5.74) is 0.813. The van der Waals surface area contributed by atoms with Crippen LogP contribution in [0.2, 0.25) is 0 Å². The van der Waals surface area contributed by atoms with Gasteiger partial charge in [-0.25, -0.2) is 4.39 Å². The molecule has 1 spiro atoms. The maximum Gasteiger partial charge on any atom is 0.220 e. The molecule has 25 heavy (non-hydrogen) atoms. The molecule has 2 aliphatic rings. The second-order valence-corrected chi connectivity index (χ2v) is 7.78. The van der Waals surface area contributed by atoms with Crippen LogP contribution in [0, 0.1) is 5.92 Å². The molecule has 3 rings (SSSR count). The van der Waals surface area contributed by atoms with Crippen molar-refractivity contribution < 1.29 is 13.9 Å². The normalized spacial score (nSPS) is 22.5. The van der Waals surface area contributed by atoms with Crippen LogP contribution in [0.3, 0.4) is 0 Å². The van der Waals surface area contributed by atoms with Crippen LogP contribution in [0.5, 0.6) is 5.75 Å². The fourth-order valence-corrected chi connectivity index (χ4v) is 3.98. The van der Waals surface area contributed by atoms with Crippen molar-refractivity contribution in [1.82, 2.24) is 10.2 Å². The van der Waals surface area contributed by atoms with Crippen LogP contribution in [0.4, 0.5) is 4.39 Å². The smallest absolute Gasteiger partial charge is 0.220 e. The molecular formula is C20H29FN2O2. The number of likely N-dealkylation sites (tertiary alicyclic amines) is 1. The third kappa shape index (κ3) is 4.32. The highest BCUT2D eigenvalue weighted by Gasteiger charge is 2.43. The van der Waals surface area contributed by atoms with E-state index in [4.69, 9.17) is 4.74 Å². The van der Waals surface area contributed by atoms with Crippen LogP contribution < -0.4 is 10.1 Å². The molecule has 4 nitrogen and oxygen atoms in total. The molecule has 2 heterocycles. The van der Waals surface area contributed by atoms with Crippen LogP contribution in [-0.4, -0.2) is 42.7 Å². The lowest BCUT2D eigenvalue weighted by Gasteiger charge is -2.47. The van der Waals surface area contributed by atoms with Gasteiger partial charge in [-0.2, -0.15) is 0 Å². The minimum Gasteiger partial charge on any atom is -0.487 e. The standard InChI is InChI=1S/C20H29FN2O2/c1-15(2)13-19(24)22-17-14-20(7-10-23(11-8-20)12-9-21)25-18-6-4-3-5-16(17)18/h3-6,15,17H,7-14H2,1-2H3,(H,22,24)/t17-/m0/s1. The molecule has 1 fully saturated rings. The Labute approximate surface area is 149 Å². The van der Waals surface area contributed by atoms with E-state index in [2.05, 4.69) is 24.1 Å². The maximum atomic E-state index is 12.6. The lowest BCUT2D eigenvalue weighted by molar-refractivity contribution is -0.123. The zero-order valence-corrected chi connectivity index (χ0v) is 15.3. The summed E-state index contributed by atoms with van der Waals surface area (Å²) in [6, 6.07) is 7.99. The molecule has 2 aliphatic heterocycles. The van der Waals surface area contributed by atoms with E-state index in [1.165, 1.54) is 0 Å². The molecule has 1 aromatic rings. The van der Waals surface area contributed by atoms with Crippen LogP contribution in [0.25, 0.3) is 0 Å². The van der Waals surface area contributed by atoms with Crippen LogP contribution in [0.15, 0.2) is 24.3 Å². The first-order valence-corrected chi connectivity index (χ1v) is 9.37. The Balaban J connectivity index is 1.75. The fourth-order valence-electron chi connectivity index (χ4n) is 3.98. The number of amides is 1. The van der Waals surface area contributed by atoms with Gasteiger partial charge in [0.25, 0.3) is 0 Å². The SMILES string of the molecule is CC(C)CC(=O)N[C@H]1CC2(CCN(CCF)CC2)Oc2ccccc21. The van der Waals surface area contributed by atoms with E-state index >= 15 is 0 Å². The van der Waals surface area contributed by atoms with Gasteiger partial charge in [-0.15, -0.1) is 0 Å². The summed E-state index contributed by atoms with van der Waals surface area (Å²) in [4.78, 5) is 14.5. The number of carbonyl (C=O) groups is 1. The summed E-state index contributed by atoms with van der Waals surface area (Å²) < 4.78 is 19.0. The van der Waals surface area contributed by atoms with E-state index < -0.39 is 0 Å². The zero-order chi connectivity index (χ0) is 17.9. The highest BCUT2D eigenvalue weighted by atomic mass is 19.1. The van der Waals surface area contributed by atoms with Gasteiger partial charge < -0.3 is 15.0 Å².